The summed E-state index contributed by atoms with van der Waals surface area (Å²) in [6.07, 6.45) is 0.652. The van der Waals surface area contributed by atoms with Crippen molar-refractivity contribution in [3.05, 3.63) is 59.4 Å². The molecule has 0 radical (unpaired) electrons. The van der Waals surface area contributed by atoms with Crippen molar-refractivity contribution in [1.29, 1.82) is 0 Å². The van der Waals surface area contributed by atoms with Gasteiger partial charge in [-0.15, -0.1) is 0 Å². The Balaban J connectivity index is 0.00000242. The van der Waals surface area contributed by atoms with Gasteiger partial charge >= 0.3 is 0 Å². The minimum Gasteiger partial charge on any atom is -1.00 e. The topological polar surface area (TPSA) is 30.5 Å². The number of para-hydroxylation sites is 1. The minimum absolute atomic E-state index is 0. The molecule has 2 aromatic carbocycles. The third-order valence-electron chi connectivity index (χ3n) is 3.33. The van der Waals surface area contributed by atoms with Crippen LogP contribution in [0.5, 0.6) is 11.5 Å². The number of methoxy groups -OCH3 is 2. The van der Waals surface area contributed by atoms with Gasteiger partial charge in [0.1, 0.15) is 5.82 Å². The Bertz CT molecular complexity index is 593. The second-order valence-electron chi connectivity index (χ2n) is 4.67. The molecular weight excluding hydrogens is 305 g/mol. The van der Waals surface area contributed by atoms with Crippen LogP contribution in [0.25, 0.3) is 0 Å². The Labute approximate surface area is 136 Å². The van der Waals surface area contributed by atoms with E-state index in [1.54, 1.807) is 20.3 Å². The van der Waals surface area contributed by atoms with Crippen LogP contribution in [0.3, 0.4) is 0 Å². The molecule has 0 saturated carbocycles. The normalized spacial score (nSPS) is 9.95. The van der Waals surface area contributed by atoms with Crippen molar-refractivity contribution >= 4 is 0 Å². The zero-order chi connectivity index (χ0) is 15.1. The fraction of sp³-hybridized carbons (Fsp3) is 0.294. The van der Waals surface area contributed by atoms with Crippen LogP contribution in [0, 0.1) is 5.82 Å². The number of halogens is 2. The van der Waals surface area contributed by atoms with Crippen molar-refractivity contribution in [3.8, 4) is 11.5 Å². The quantitative estimate of drug-likeness (QED) is 0.737. The van der Waals surface area contributed by atoms with Crippen molar-refractivity contribution in [3.63, 3.8) is 0 Å². The Morgan fingerprint density at radius 2 is 1.68 bits per heavy atom. The van der Waals surface area contributed by atoms with E-state index in [0.29, 0.717) is 25.3 Å². The molecule has 0 aliphatic carbocycles. The van der Waals surface area contributed by atoms with Gasteiger partial charge in [0, 0.05) is 12.1 Å². The highest BCUT2D eigenvalue weighted by atomic mass is 35.5. The van der Waals surface area contributed by atoms with Gasteiger partial charge in [-0.3, -0.25) is 0 Å². The highest BCUT2D eigenvalue weighted by Crippen LogP contribution is 2.30. The Hall–Kier alpha value is -1.78. The summed E-state index contributed by atoms with van der Waals surface area (Å²) in [6.45, 7) is 1.34. The van der Waals surface area contributed by atoms with Crippen molar-refractivity contribution in [2.24, 2.45) is 0 Å². The van der Waals surface area contributed by atoms with E-state index in [9.17, 15) is 4.39 Å². The molecule has 0 aliphatic heterocycles. The van der Waals surface area contributed by atoms with Gasteiger partial charge in [-0.2, -0.15) is 0 Å². The standard InChI is InChI=1S/C17H20FNO2.ClH/c1-20-16-9-5-7-14(17(16)21-2)12-19-11-10-13-6-3-4-8-15(13)18;/h3-9,19H,10-12H2,1-2H3;1H/p-1. The molecule has 22 heavy (non-hydrogen) atoms. The average molecular weight is 325 g/mol. The number of benzene rings is 2. The van der Waals surface area contributed by atoms with Crippen LogP contribution in [0.1, 0.15) is 11.1 Å². The number of ether oxygens (including phenoxy) is 2. The van der Waals surface area contributed by atoms with E-state index >= 15 is 0 Å². The third kappa shape index (κ3) is 4.61. The van der Waals surface area contributed by atoms with Crippen molar-refractivity contribution in [1.82, 2.24) is 5.32 Å². The molecule has 0 bridgehead atoms. The summed E-state index contributed by atoms with van der Waals surface area (Å²) < 4.78 is 24.1. The third-order valence-corrected chi connectivity index (χ3v) is 3.33. The molecule has 0 atom stereocenters. The van der Waals surface area contributed by atoms with Gasteiger partial charge in [-0.05, 0) is 30.7 Å². The molecule has 0 spiro atoms. The summed E-state index contributed by atoms with van der Waals surface area (Å²) in [4.78, 5) is 0. The highest BCUT2D eigenvalue weighted by molar-refractivity contribution is 5.46. The molecule has 120 valence electrons. The van der Waals surface area contributed by atoms with E-state index in [1.165, 1.54) is 6.07 Å². The van der Waals surface area contributed by atoms with E-state index in [1.807, 2.05) is 30.3 Å². The first-order valence-electron chi connectivity index (χ1n) is 6.90. The maximum absolute atomic E-state index is 13.5. The summed E-state index contributed by atoms with van der Waals surface area (Å²) in [5.74, 6) is 1.29. The first kappa shape index (κ1) is 18.3. The van der Waals surface area contributed by atoms with Crippen LogP contribution in [0.4, 0.5) is 4.39 Å². The predicted molar refractivity (Wildman–Crippen MR) is 81.4 cm³/mol. The molecule has 0 fully saturated rings. The summed E-state index contributed by atoms with van der Waals surface area (Å²) >= 11 is 0. The van der Waals surface area contributed by atoms with Gasteiger partial charge in [0.2, 0.25) is 0 Å². The van der Waals surface area contributed by atoms with Gasteiger partial charge in [0.25, 0.3) is 0 Å². The maximum atomic E-state index is 13.5. The van der Waals surface area contributed by atoms with Crippen LogP contribution < -0.4 is 27.2 Å². The van der Waals surface area contributed by atoms with E-state index < -0.39 is 0 Å². The van der Waals surface area contributed by atoms with Crippen LogP contribution in [0.15, 0.2) is 42.5 Å². The number of hydrogen-bond acceptors (Lipinski definition) is 3. The molecule has 2 rings (SSSR count). The first-order valence-corrected chi connectivity index (χ1v) is 6.90. The molecule has 0 aliphatic rings. The van der Waals surface area contributed by atoms with Crippen LogP contribution in [-0.4, -0.2) is 20.8 Å². The molecule has 2 aromatic rings. The number of rotatable bonds is 7. The number of hydrogen-bond donors (Lipinski definition) is 1. The molecular formula is C17H20ClFNO2-. The summed E-state index contributed by atoms with van der Waals surface area (Å²) in [5, 5.41) is 3.30. The van der Waals surface area contributed by atoms with Crippen LogP contribution in [-0.2, 0) is 13.0 Å². The summed E-state index contributed by atoms with van der Waals surface area (Å²) in [5.41, 5.74) is 1.74. The molecule has 0 amide bonds. The molecule has 3 nitrogen and oxygen atoms in total. The van der Waals surface area contributed by atoms with Gasteiger partial charge in [-0.1, -0.05) is 30.3 Å². The smallest absolute Gasteiger partial charge is 0.165 e. The first-order chi connectivity index (χ1) is 10.3. The van der Waals surface area contributed by atoms with E-state index in [4.69, 9.17) is 9.47 Å². The Kier molecular flexibility index (Phi) is 7.71. The highest BCUT2D eigenvalue weighted by Gasteiger charge is 2.08. The lowest BCUT2D eigenvalue weighted by Gasteiger charge is -2.13. The average Bonchev–Trinajstić information content (AvgIpc) is 2.52. The van der Waals surface area contributed by atoms with Gasteiger partial charge in [-0.25, -0.2) is 4.39 Å². The molecule has 1 N–H and O–H groups in total. The fourth-order valence-electron chi connectivity index (χ4n) is 2.24. The molecule has 0 heterocycles. The van der Waals surface area contributed by atoms with Crippen molar-refractivity contribution in [2.75, 3.05) is 20.8 Å². The zero-order valence-corrected chi connectivity index (χ0v) is 13.5. The van der Waals surface area contributed by atoms with Gasteiger partial charge in [0.05, 0.1) is 14.2 Å². The molecule has 0 saturated heterocycles. The Morgan fingerprint density at radius 3 is 2.36 bits per heavy atom. The van der Waals surface area contributed by atoms with Crippen molar-refractivity contribution < 1.29 is 26.3 Å². The van der Waals surface area contributed by atoms with Crippen LogP contribution >= 0.6 is 0 Å². The lowest BCUT2D eigenvalue weighted by molar-refractivity contribution is -0.00000540. The van der Waals surface area contributed by atoms with E-state index in [-0.39, 0.29) is 18.2 Å². The van der Waals surface area contributed by atoms with Crippen molar-refractivity contribution in [2.45, 2.75) is 13.0 Å². The zero-order valence-electron chi connectivity index (χ0n) is 12.7. The summed E-state index contributed by atoms with van der Waals surface area (Å²) in [6, 6.07) is 12.6. The molecule has 5 heteroatoms. The van der Waals surface area contributed by atoms with Gasteiger partial charge < -0.3 is 27.2 Å². The second-order valence-corrected chi connectivity index (χ2v) is 4.67. The molecule has 0 aromatic heterocycles. The molecule has 0 unspecified atom stereocenters. The minimum atomic E-state index is -0.154. The lowest BCUT2D eigenvalue weighted by atomic mass is 10.1. The second kappa shape index (κ2) is 9.28. The largest absolute Gasteiger partial charge is 1.00 e. The van der Waals surface area contributed by atoms with E-state index in [0.717, 1.165) is 16.9 Å². The fourth-order valence-corrected chi connectivity index (χ4v) is 2.24. The van der Waals surface area contributed by atoms with Gasteiger partial charge in [0.15, 0.2) is 11.5 Å². The number of nitrogens with one attached hydrogen (secondary N) is 1. The Morgan fingerprint density at radius 1 is 0.955 bits per heavy atom. The SMILES string of the molecule is COc1cccc(CNCCc2ccccc2F)c1OC.[Cl-]. The monoisotopic (exact) mass is 324 g/mol. The summed E-state index contributed by atoms with van der Waals surface area (Å²) in [7, 11) is 3.24. The maximum Gasteiger partial charge on any atom is 0.165 e. The lowest BCUT2D eigenvalue weighted by Crippen LogP contribution is -3.00. The van der Waals surface area contributed by atoms with E-state index in [2.05, 4.69) is 5.32 Å². The van der Waals surface area contributed by atoms with Crippen LogP contribution in [0.2, 0.25) is 0 Å². The predicted octanol–water partition coefficient (Wildman–Crippen LogP) is 0.179.